The molecule has 2 aromatic rings. The zero-order chi connectivity index (χ0) is 12.3. The van der Waals surface area contributed by atoms with E-state index in [1.165, 1.54) is 5.56 Å². The number of aromatic carboxylic acids is 1. The van der Waals surface area contributed by atoms with E-state index >= 15 is 0 Å². The average molecular weight is 229 g/mol. The van der Waals surface area contributed by atoms with Crippen molar-refractivity contribution >= 4 is 16.7 Å². The van der Waals surface area contributed by atoms with Gasteiger partial charge >= 0.3 is 5.97 Å². The largest absolute Gasteiger partial charge is 0.478 e. The van der Waals surface area contributed by atoms with E-state index in [0.717, 1.165) is 23.7 Å². The number of rotatable bonds is 4. The van der Waals surface area contributed by atoms with Crippen LogP contribution in [0.2, 0.25) is 0 Å². The standard InChI is InChI=1S/C14H15NO2/c1-15-9-8-10-6-7-13(14(16)17)12-5-3-2-4-11(10)12/h2-7,15H,8-9H2,1H3,(H,16,17). The monoisotopic (exact) mass is 229 g/mol. The molecule has 2 aromatic carbocycles. The first-order valence-corrected chi connectivity index (χ1v) is 5.62. The van der Waals surface area contributed by atoms with Crippen LogP contribution in [-0.4, -0.2) is 24.7 Å². The molecule has 0 radical (unpaired) electrons. The number of fused-ring (bicyclic) bond motifs is 1. The van der Waals surface area contributed by atoms with Crippen molar-refractivity contribution in [1.29, 1.82) is 0 Å². The first-order valence-electron chi connectivity index (χ1n) is 5.62. The fourth-order valence-electron chi connectivity index (χ4n) is 2.03. The van der Waals surface area contributed by atoms with E-state index < -0.39 is 5.97 Å². The maximum atomic E-state index is 11.1. The van der Waals surface area contributed by atoms with Gasteiger partial charge in [-0.05, 0) is 42.4 Å². The van der Waals surface area contributed by atoms with E-state index in [1.807, 2.05) is 37.4 Å². The Balaban J connectivity index is 2.58. The summed E-state index contributed by atoms with van der Waals surface area (Å²) < 4.78 is 0. The third kappa shape index (κ3) is 2.29. The van der Waals surface area contributed by atoms with E-state index in [9.17, 15) is 4.79 Å². The molecule has 0 aromatic heterocycles. The first kappa shape index (κ1) is 11.6. The van der Waals surface area contributed by atoms with Crippen LogP contribution >= 0.6 is 0 Å². The summed E-state index contributed by atoms with van der Waals surface area (Å²) in [5, 5.41) is 14.1. The van der Waals surface area contributed by atoms with Gasteiger partial charge in [0.15, 0.2) is 0 Å². The number of carbonyl (C=O) groups is 1. The molecular weight excluding hydrogens is 214 g/mol. The lowest BCUT2D eigenvalue weighted by atomic mass is 9.98. The molecule has 3 heteroatoms. The number of benzene rings is 2. The van der Waals surface area contributed by atoms with Crippen molar-refractivity contribution in [2.75, 3.05) is 13.6 Å². The molecular formula is C14H15NO2. The molecule has 0 aliphatic heterocycles. The van der Waals surface area contributed by atoms with E-state index in [2.05, 4.69) is 5.32 Å². The van der Waals surface area contributed by atoms with Crippen LogP contribution in [0.15, 0.2) is 36.4 Å². The van der Waals surface area contributed by atoms with Gasteiger partial charge in [-0.1, -0.05) is 30.3 Å². The highest BCUT2D eigenvalue weighted by atomic mass is 16.4. The van der Waals surface area contributed by atoms with Gasteiger partial charge in [-0.15, -0.1) is 0 Å². The molecule has 0 spiro atoms. The quantitative estimate of drug-likeness (QED) is 0.845. The van der Waals surface area contributed by atoms with Gasteiger partial charge in [0.2, 0.25) is 0 Å². The van der Waals surface area contributed by atoms with E-state index in [4.69, 9.17) is 5.11 Å². The molecule has 0 aliphatic rings. The summed E-state index contributed by atoms with van der Waals surface area (Å²) in [5.41, 5.74) is 1.55. The van der Waals surface area contributed by atoms with Crippen molar-refractivity contribution in [3.63, 3.8) is 0 Å². The maximum absolute atomic E-state index is 11.1. The van der Waals surface area contributed by atoms with Crippen LogP contribution in [0.3, 0.4) is 0 Å². The van der Waals surface area contributed by atoms with Gasteiger partial charge in [-0.2, -0.15) is 0 Å². The predicted molar refractivity (Wildman–Crippen MR) is 68.5 cm³/mol. The Hall–Kier alpha value is -1.87. The first-order chi connectivity index (χ1) is 8.24. The molecule has 2 rings (SSSR count). The third-order valence-electron chi connectivity index (χ3n) is 2.89. The van der Waals surface area contributed by atoms with Crippen LogP contribution in [0, 0.1) is 0 Å². The van der Waals surface area contributed by atoms with E-state index in [0.29, 0.717) is 5.56 Å². The van der Waals surface area contributed by atoms with Gasteiger partial charge < -0.3 is 10.4 Å². The Kier molecular flexibility index (Phi) is 3.40. The molecule has 88 valence electrons. The van der Waals surface area contributed by atoms with Crippen LogP contribution in [0.1, 0.15) is 15.9 Å². The second-order valence-corrected chi connectivity index (χ2v) is 3.98. The number of hydrogen-bond donors (Lipinski definition) is 2. The number of carboxylic acids is 1. The summed E-state index contributed by atoms with van der Waals surface area (Å²) >= 11 is 0. The minimum atomic E-state index is -0.874. The third-order valence-corrected chi connectivity index (χ3v) is 2.89. The van der Waals surface area contributed by atoms with Crippen molar-refractivity contribution < 1.29 is 9.90 Å². The Bertz CT molecular complexity index is 549. The minimum absolute atomic E-state index is 0.369. The Labute approximate surface area is 100 Å². The van der Waals surface area contributed by atoms with Gasteiger partial charge in [-0.25, -0.2) is 4.79 Å². The Morgan fingerprint density at radius 2 is 1.88 bits per heavy atom. The lowest BCUT2D eigenvalue weighted by Crippen LogP contribution is -2.11. The zero-order valence-corrected chi connectivity index (χ0v) is 9.73. The molecule has 2 N–H and O–H groups in total. The number of hydrogen-bond acceptors (Lipinski definition) is 2. The highest BCUT2D eigenvalue weighted by molar-refractivity contribution is 6.04. The van der Waals surface area contributed by atoms with Crippen LogP contribution in [0.25, 0.3) is 10.8 Å². The smallest absolute Gasteiger partial charge is 0.336 e. The Morgan fingerprint density at radius 1 is 1.18 bits per heavy atom. The second-order valence-electron chi connectivity index (χ2n) is 3.98. The van der Waals surface area contributed by atoms with Crippen molar-refractivity contribution in [2.24, 2.45) is 0 Å². The molecule has 0 amide bonds. The van der Waals surface area contributed by atoms with Gasteiger partial charge in [0.1, 0.15) is 0 Å². The van der Waals surface area contributed by atoms with E-state index in [-0.39, 0.29) is 0 Å². The minimum Gasteiger partial charge on any atom is -0.478 e. The molecule has 0 fully saturated rings. The molecule has 0 unspecified atom stereocenters. The summed E-state index contributed by atoms with van der Waals surface area (Å²) in [6, 6.07) is 11.3. The van der Waals surface area contributed by atoms with Gasteiger partial charge in [0.05, 0.1) is 5.56 Å². The molecule has 0 heterocycles. The van der Waals surface area contributed by atoms with Crippen molar-refractivity contribution in [1.82, 2.24) is 5.32 Å². The van der Waals surface area contributed by atoms with Crippen LogP contribution in [0.5, 0.6) is 0 Å². The van der Waals surface area contributed by atoms with Crippen LogP contribution < -0.4 is 5.32 Å². The summed E-state index contributed by atoms with van der Waals surface area (Å²) in [4.78, 5) is 11.1. The van der Waals surface area contributed by atoms with Gasteiger partial charge in [0, 0.05) is 0 Å². The fraction of sp³-hybridized carbons (Fsp3) is 0.214. The molecule has 0 saturated carbocycles. The average Bonchev–Trinajstić information content (AvgIpc) is 2.35. The van der Waals surface area contributed by atoms with Crippen LogP contribution in [-0.2, 0) is 6.42 Å². The lowest BCUT2D eigenvalue weighted by molar-refractivity contribution is 0.0699. The molecule has 17 heavy (non-hydrogen) atoms. The van der Waals surface area contributed by atoms with Gasteiger partial charge in [-0.3, -0.25) is 0 Å². The summed E-state index contributed by atoms with van der Waals surface area (Å²) in [5.74, 6) is -0.874. The lowest BCUT2D eigenvalue weighted by Gasteiger charge is -2.08. The molecule has 0 atom stereocenters. The zero-order valence-electron chi connectivity index (χ0n) is 9.73. The molecule has 0 saturated heterocycles. The Morgan fingerprint density at radius 3 is 2.53 bits per heavy atom. The van der Waals surface area contributed by atoms with Gasteiger partial charge in [0.25, 0.3) is 0 Å². The van der Waals surface area contributed by atoms with Crippen molar-refractivity contribution in [2.45, 2.75) is 6.42 Å². The fourth-order valence-corrected chi connectivity index (χ4v) is 2.03. The molecule has 0 bridgehead atoms. The second kappa shape index (κ2) is 4.97. The highest BCUT2D eigenvalue weighted by Gasteiger charge is 2.10. The SMILES string of the molecule is CNCCc1ccc(C(=O)O)c2ccccc12. The maximum Gasteiger partial charge on any atom is 0.336 e. The topological polar surface area (TPSA) is 49.3 Å². The molecule has 0 aliphatic carbocycles. The normalized spacial score (nSPS) is 10.6. The number of nitrogens with one attached hydrogen (secondary N) is 1. The highest BCUT2D eigenvalue weighted by Crippen LogP contribution is 2.23. The van der Waals surface area contributed by atoms with Crippen molar-refractivity contribution in [3.05, 3.63) is 47.5 Å². The summed E-state index contributed by atoms with van der Waals surface area (Å²) in [6.45, 7) is 0.885. The van der Waals surface area contributed by atoms with E-state index in [1.54, 1.807) is 6.07 Å². The molecule has 3 nitrogen and oxygen atoms in total. The van der Waals surface area contributed by atoms with Crippen LogP contribution in [0.4, 0.5) is 0 Å². The predicted octanol–water partition coefficient (Wildman–Crippen LogP) is 2.30. The number of carboxylic acid groups (broad SMARTS) is 1. The number of likely N-dealkylation sites (N-methyl/N-ethyl adjacent to an activating group) is 1. The summed E-state index contributed by atoms with van der Waals surface area (Å²) in [7, 11) is 1.91. The van der Waals surface area contributed by atoms with Crippen molar-refractivity contribution in [3.8, 4) is 0 Å². The summed E-state index contributed by atoms with van der Waals surface area (Å²) in [6.07, 6.45) is 0.900.